The number of aromatic amines is 1. The lowest BCUT2D eigenvalue weighted by atomic mass is 9.84. The minimum absolute atomic E-state index is 0.0599. The molecular weight excluding hydrogens is 473 g/mol. The van der Waals surface area contributed by atoms with Crippen LogP contribution < -0.4 is 5.56 Å². The molecule has 2 aliphatic heterocycles. The number of H-pyrrole nitrogens is 1. The lowest BCUT2D eigenvalue weighted by Gasteiger charge is -2.39. The highest BCUT2D eigenvalue weighted by atomic mass is 19.1. The predicted molar refractivity (Wildman–Crippen MR) is 138 cm³/mol. The van der Waals surface area contributed by atoms with Crippen LogP contribution in [0.3, 0.4) is 0 Å². The molecule has 2 amide bonds. The molecule has 8 nitrogen and oxygen atoms in total. The summed E-state index contributed by atoms with van der Waals surface area (Å²) >= 11 is 0. The number of nitrogens with one attached hydrogen (secondary N) is 1. The van der Waals surface area contributed by atoms with E-state index in [2.05, 4.69) is 17.2 Å². The Bertz CT molecular complexity index is 1400. The number of benzene rings is 1. The minimum atomic E-state index is -0.493. The molecule has 9 heteroatoms. The molecule has 4 heterocycles. The van der Waals surface area contributed by atoms with E-state index in [1.165, 1.54) is 53.1 Å². The number of alkyl halides is 1. The van der Waals surface area contributed by atoms with Gasteiger partial charge in [-0.2, -0.15) is 0 Å². The second kappa shape index (κ2) is 9.43. The Balaban J connectivity index is 1.40. The normalized spacial score (nSPS) is 20.6. The van der Waals surface area contributed by atoms with E-state index in [-0.39, 0.29) is 47.9 Å². The van der Waals surface area contributed by atoms with E-state index in [1.54, 1.807) is 4.90 Å². The standard InChI is InChI=1S/C28H32FN5O3/c1-17-11-12-33(17)28(37)25-24(27(36)32-15-18(14-29)16-32)26-30-22(13-23(35)34(26)31-25)21-9-7-20(8-10-21)19-5-3-2-4-6-19/h7-10,13,17-19,31H,2-6,11-12,14-16H2,1H3. The summed E-state index contributed by atoms with van der Waals surface area (Å²) in [5, 5.41) is 2.87. The van der Waals surface area contributed by atoms with Crippen LogP contribution in [0.1, 0.15) is 77.8 Å². The third-order valence-corrected chi connectivity index (χ3v) is 8.37. The quantitative estimate of drug-likeness (QED) is 0.567. The fourth-order valence-corrected chi connectivity index (χ4v) is 5.86. The molecule has 0 radical (unpaired) electrons. The van der Waals surface area contributed by atoms with E-state index in [4.69, 9.17) is 4.98 Å². The van der Waals surface area contributed by atoms with Crippen LogP contribution in [0.15, 0.2) is 35.1 Å². The summed E-state index contributed by atoms with van der Waals surface area (Å²) in [6, 6.07) is 9.66. The number of hydrogen-bond acceptors (Lipinski definition) is 4. The highest BCUT2D eigenvalue weighted by molar-refractivity contribution is 6.10. The van der Waals surface area contributed by atoms with Crippen LogP contribution in [0.5, 0.6) is 0 Å². The zero-order valence-corrected chi connectivity index (χ0v) is 21.1. The summed E-state index contributed by atoms with van der Waals surface area (Å²) in [5.41, 5.74) is 2.42. The average molecular weight is 506 g/mol. The van der Waals surface area contributed by atoms with Gasteiger partial charge in [0, 0.05) is 43.2 Å². The molecule has 37 heavy (non-hydrogen) atoms. The van der Waals surface area contributed by atoms with E-state index >= 15 is 0 Å². The topological polar surface area (TPSA) is 90.8 Å². The molecule has 1 atom stereocenters. The second-order valence-electron chi connectivity index (χ2n) is 10.8. The summed E-state index contributed by atoms with van der Waals surface area (Å²) in [6.45, 7) is 2.62. The lowest BCUT2D eigenvalue weighted by molar-refractivity contribution is 0.0430. The molecular formula is C28H32FN5O3. The first-order valence-corrected chi connectivity index (χ1v) is 13.4. The average Bonchev–Trinajstić information content (AvgIpc) is 3.28. The summed E-state index contributed by atoms with van der Waals surface area (Å²) in [6.07, 6.45) is 7.10. The maximum absolute atomic E-state index is 13.5. The molecule has 1 aliphatic carbocycles. The summed E-state index contributed by atoms with van der Waals surface area (Å²) in [7, 11) is 0. The Morgan fingerprint density at radius 3 is 2.41 bits per heavy atom. The third kappa shape index (κ3) is 4.14. The molecule has 2 aromatic heterocycles. The van der Waals surface area contributed by atoms with Gasteiger partial charge in [-0.05, 0) is 37.7 Å². The predicted octanol–water partition coefficient (Wildman–Crippen LogP) is 4.01. The van der Waals surface area contributed by atoms with Crippen molar-refractivity contribution in [3.63, 3.8) is 0 Å². The molecule has 0 bridgehead atoms. The number of rotatable bonds is 5. The van der Waals surface area contributed by atoms with Crippen LogP contribution in [0, 0.1) is 5.92 Å². The van der Waals surface area contributed by atoms with E-state index in [0.717, 1.165) is 12.0 Å². The molecule has 1 aromatic carbocycles. The van der Waals surface area contributed by atoms with Gasteiger partial charge in [-0.15, -0.1) is 0 Å². The number of carbonyl (C=O) groups is 2. The van der Waals surface area contributed by atoms with E-state index < -0.39 is 18.1 Å². The van der Waals surface area contributed by atoms with Crippen molar-refractivity contribution < 1.29 is 14.0 Å². The van der Waals surface area contributed by atoms with Crippen molar-refractivity contribution in [3.05, 3.63) is 57.5 Å². The van der Waals surface area contributed by atoms with Gasteiger partial charge in [0.05, 0.1) is 12.4 Å². The molecule has 6 rings (SSSR count). The van der Waals surface area contributed by atoms with E-state index in [1.807, 2.05) is 19.1 Å². The maximum Gasteiger partial charge on any atom is 0.273 e. The van der Waals surface area contributed by atoms with Gasteiger partial charge >= 0.3 is 0 Å². The molecule has 1 saturated carbocycles. The molecule has 1 N–H and O–H groups in total. The van der Waals surface area contributed by atoms with Crippen molar-refractivity contribution in [2.75, 3.05) is 26.3 Å². The van der Waals surface area contributed by atoms with Crippen LogP contribution in [0.25, 0.3) is 16.9 Å². The molecule has 3 aliphatic rings. The first-order chi connectivity index (χ1) is 17.9. The fourth-order valence-electron chi connectivity index (χ4n) is 5.86. The fraction of sp³-hybridized carbons (Fsp3) is 0.500. The van der Waals surface area contributed by atoms with E-state index in [0.29, 0.717) is 18.2 Å². The minimum Gasteiger partial charge on any atom is -0.338 e. The highest BCUT2D eigenvalue weighted by Crippen LogP contribution is 2.33. The van der Waals surface area contributed by atoms with Crippen molar-refractivity contribution in [2.24, 2.45) is 5.92 Å². The van der Waals surface area contributed by atoms with Gasteiger partial charge in [0.2, 0.25) is 0 Å². The van der Waals surface area contributed by atoms with Crippen molar-refractivity contribution in [3.8, 4) is 11.3 Å². The molecule has 1 unspecified atom stereocenters. The Morgan fingerprint density at radius 2 is 1.78 bits per heavy atom. The number of carbonyl (C=O) groups excluding carboxylic acids is 2. The second-order valence-corrected chi connectivity index (χ2v) is 10.8. The van der Waals surface area contributed by atoms with Crippen LogP contribution in [0.2, 0.25) is 0 Å². The highest BCUT2D eigenvalue weighted by Gasteiger charge is 2.38. The number of halogens is 1. The Morgan fingerprint density at radius 1 is 1.05 bits per heavy atom. The van der Waals surface area contributed by atoms with Crippen LogP contribution in [-0.4, -0.2) is 68.6 Å². The molecule has 194 valence electrons. The summed E-state index contributed by atoms with van der Waals surface area (Å²) in [5.74, 6) is -0.359. The first-order valence-electron chi connectivity index (χ1n) is 13.4. The summed E-state index contributed by atoms with van der Waals surface area (Å²) in [4.78, 5) is 48.0. The van der Waals surface area contributed by atoms with Gasteiger partial charge in [0.25, 0.3) is 17.4 Å². The Kier molecular flexibility index (Phi) is 6.09. The molecule has 3 aromatic rings. The zero-order chi connectivity index (χ0) is 25.7. The molecule has 0 spiro atoms. The number of nitrogens with zero attached hydrogens (tertiary/aromatic N) is 4. The van der Waals surface area contributed by atoms with Crippen molar-refractivity contribution in [1.29, 1.82) is 0 Å². The van der Waals surface area contributed by atoms with Gasteiger partial charge in [-0.25, -0.2) is 9.50 Å². The number of fused-ring (bicyclic) bond motifs is 1. The maximum atomic E-state index is 13.5. The SMILES string of the molecule is CC1CCN1C(=O)c1[nH]n2c(=O)cc(-c3ccc(C4CCCCC4)cc3)nc2c1C(=O)N1CC(CF)C1. The van der Waals surface area contributed by atoms with Crippen molar-refractivity contribution >= 4 is 17.5 Å². The van der Waals surface area contributed by atoms with Gasteiger partial charge in [-0.1, -0.05) is 43.5 Å². The van der Waals surface area contributed by atoms with Gasteiger partial charge in [0.15, 0.2) is 5.65 Å². The third-order valence-electron chi connectivity index (χ3n) is 8.37. The Labute approximate surface area is 214 Å². The number of amides is 2. The lowest BCUT2D eigenvalue weighted by Crippen LogP contribution is -2.52. The van der Waals surface area contributed by atoms with Crippen LogP contribution in [0.4, 0.5) is 4.39 Å². The van der Waals surface area contributed by atoms with Crippen LogP contribution >= 0.6 is 0 Å². The van der Waals surface area contributed by atoms with E-state index in [9.17, 15) is 18.8 Å². The van der Waals surface area contributed by atoms with Crippen molar-refractivity contribution in [1.82, 2.24) is 24.4 Å². The number of likely N-dealkylation sites (tertiary alicyclic amines) is 2. The van der Waals surface area contributed by atoms with Gasteiger partial charge in [-0.3, -0.25) is 23.9 Å². The summed E-state index contributed by atoms with van der Waals surface area (Å²) < 4.78 is 14.2. The van der Waals surface area contributed by atoms with Gasteiger partial charge < -0.3 is 9.80 Å². The monoisotopic (exact) mass is 505 g/mol. The van der Waals surface area contributed by atoms with Crippen molar-refractivity contribution in [2.45, 2.75) is 57.4 Å². The number of aromatic nitrogens is 3. The number of hydrogen-bond donors (Lipinski definition) is 1. The van der Waals surface area contributed by atoms with Crippen LogP contribution in [-0.2, 0) is 0 Å². The Hall–Kier alpha value is -3.49. The smallest absolute Gasteiger partial charge is 0.273 e. The largest absolute Gasteiger partial charge is 0.338 e. The molecule has 2 saturated heterocycles. The molecule has 3 fully saturated rings. The zero-order valence-electron chi connectivity index (χ0n) is 21.1. The first kappa shape index (κ1) is 23.9. The van der Waals surface area contributed by atoms with Gasteiger partial charge in [0.1, 0.15) is 11.3 Å².